The summed E-state index contributed by atoms with van der Waals surface area (Å²) in [6.07, 6.45) is 3.14. The lowest BCUT2D eigenvalue weighted by atomic mass is 10.0. The van der Waals surface area contributed by atoms with Gasteiger partial charge >= 0.3 is 0 Å². The van der Waals surface area contributed by atoms with Gasteiger partial charge in [0, 0.05) is 42.2 Å². The Morgan fingerprint density at radius 2 is 1.87 bits per heavy atom. The average Bonchev–Trinajstić information content (AvgIpc) is 2.79. The number of piperidine rings is 1. The Hall–Kier alpha value is -1.78. The van der Waals surface area contributed by atoms with Gasteiger partial charge in [0.25, 0.3) is 5.69 Å². The van der Waals surface area contributed by atoms with Gasteiger partial charge in [-0.05, 0) is 50.0 Å². The van der Waals surface area contributed by atoms with Crippen molar-refractivity contribution in [2.75, 3.05) is 29.4 Å². The molecule has 1 fully saturated rings. The predicted octanol–water partition coefficient (Wildman–Crippen LogP) is 5.12. The Kier molecular flexibility index (Phi) is 9.03. The SMILES string of the molecule is CC(CI)N(C(=S)Nc1ccccc1[N+](=O)[O-])C1CCN(CCc2ccccc2)CC1. The summed E-state index contributed by atoms with van der Waals surface area (Å²) in [4.78, 5) is 15.8. The number of nitro groups is 1. The van der Waals surface area contributed by atoms with Crippen LogP contribution in [0.2, 0.25) is 0 Å². The maximum absolute atomic E-state index is 11.4. The molecule has 1 aliphatic heterocycles. The van der Waals surface area contributed by atoms with Crippen LogP contribution in [0.1, 0.15) is 25.3 Å². The van der Waals surface area contributed by atoms with Gasteiger partial charge in [0.2, 0.25) is 0 Å². The van der Waals surface area contributed by atoms with Crippen LogP contribution in [0, 0.1) is 10.1 Å². The molecule has 1 aliphatic rings. The van der Waals surface area contributed by atoms with Crippen molar-refractivity contribution in [3.8, 4) is 0 Å². The number of nitrogens with one attached hydrogen (secondary N) is 1. The van der Waals surface area contributed by atoms with E-state index in [9.17, 15) is 10.1 Å². The Morgan fingerprint density at radius 3 is 2.52 bits per heavy atom. The number of halogens is 1. The highest BCUT2D eigenvalue weighted by Crippen LogP contribution is 2.26. The van der Waals surface area contributed by atoms with Gasteiger partial charge in [0.05, 0.1) is 4.92 Å². The number of thiocarbonyl (C=S) groups is 1. The van der Waals surface area contributed by atoms with Crippen molar-refractivity contribution in [2.45, 2.75) is 38.3 Å². The van der Waals surface area contributed by atoms with Gasteiger partial charge in [-0.15, -0.1) is 0 Å². The number of anilines is 1. The summed E-state index contributed by atoms with van der Waals surface area (Å²) >= 11 is 8.13. The first kappa shape index (κ1) is 23.9. The molecular weight excluding hydrogens is 523 g/mol. The number of benzene rings is 2. The fraction of sp³-hybridized carbons (Fsp3) is 0.435. The van der Waals surface area contributed by atoms with Crippen LogP contribution in [-0.4, -0.2) is 56.0 Å². The summed E-state index contributed by atoms with van der Waals surface area (Å²) in [6, 6.07) is 17.9. The number of para-hydroxylation sites is 2. The van der Waals surface area contributed by atoms with Crippen LogP contribution in [0.3, 0.4) is 0 Å². The number of hydrogen-bond acceptors (Lipinski definition) is 4. The van der Waals surface area contributed by atoms with Crippen LogP contribution in [0.15, 0.2) is 54.6 Å². The van der Waals surface area contributed by atoms with Crippen LogP contribution in [-0.2, 0) is 6.42 Å². The zero-order valence-electron chi connectivity index (χ0n) is 17.7. The molecule has 6 nitrogen and oxygen atoms in total. The van der Waals surface area contributed by atoms with E-state index in [1.54, 1.807) is 18.2 Å². The van der Waals surface area contributed by atoms with E-state index < -0.39 is 0 Å². The van der Waals surface area contributed by atoms with Gasteiger partial charge in [-0.2, -0.15) is 0 Å². The van der Waals surface area contributed by atoms with E-state index in [1.165, 1.54) is 11.6 Å². The minimum atomic E-state index is -0.373. The van der Waals surface area contributed by atoms with Crippen molar-refractivity contribution >= 4 is 51.3 Å². The molecular formula is C23H29IN4O2S. The van der Waals surface area contributed by atoms with Crippen LogP contribution >= 0.6 is 34.8 Å². The maximum atomic E-state index is 11.4. The molecule has 31 heavy (non-hydrogen) atoms. The third-order valence-corrected chi connectivity index (χ3v) is 7.37. The molecule has 0 spiro atoms. The largest absolute Gasteiger partial charge is 0.342 e. The van der Waals surface area contributed by atoms with E-state index in [-0.39, 0.29) is 16.7 Å². The van der Waals surface area contributed by atoms with Crippen molar-refractivity contribution in [2.24, 2.45) is 0 Å². The fourth-order valence-corrected chi connectivity index (χ4v) is 4.93. The highest BCUT2D eigenvalue weighted by Gasteiger charge is 2.30. The molecule has 2 aromatic rings. The smallest absolute Gasteiger partial charge is 0.292 e. The first-order chi connectivity index (χ1) is 15.0. The highest BCUT2D eigenvalue weighted by atomic mass is 127. The van der Waals surface area contributed by atoms with E-state index >= 15 is 0 Å². The molecule has 1 atom stereocenters. The number of nitro benzene ring substituents is 1. The molecule has 2 aromatic carbocycles. The Balaban J connectivity index is 1.61. The lowest BCUT2D eigenvalue weighted by molar-refractivity contribution is -0.383. The van der Waals surface area contributed by atoms with E-state index in [2.05, 4.69) is 75.0 Å². The average molecular weight is 552 g/mol. The molecule has 0 aromatic heterocycles. The standard InChI is InChI=1S/C23H29IN4O2S/c1-18(17-24)27(23(31)25-21-9-5-6-10-22(21)28(29)30)20-12-15-26(16-13-20)14-11-19-7-3-2-4-8-19/h2-10,18,20H,11-17H2,1H3,(H,25,31). The third-order valence-electron chi connectivity index (χ3n) is 5.79. The van der Waals surface area contributed by atoms with Gasteiger partial charge in [-0.3, -0.25) is 10.1 Å². The normalized spacial score (nSPS) is 15.9. The van der Waals surface area contributed by atoms with Crippen molar-refractivity contribution in [3.05, 3.63) is 70.3 Å². The van der Waals surface area contributed by atoms with Gasteiger partial charge in [-0.25, -0.2) is 0 Å². The van der Waals surface area contributed by atoms with Gasteiger partial charge in [0.1, 0.15) is 5.69 Å². The second-order valence-electron chi connectivity index (χ2n) is 7.92. The van der Waals surface area contributed by atoms with Crippen molar-refractivity contribution in [1.29, 1.82) is 0 Å². The van der Waals surface area contributed by atoms with Gasteiger partial charge < -0.3 is 15.1 Å². The quantitative estimate of drug-likeness (QED) is 0.161. The summed E-state index contributed by atoms with van der Waals surface area (Å²) < 4.78 is 0.935. The number of rotatable bonds is 8. The molecule has 1 unspecified atom stereocenters. The zero-order chi connectivity index (χ0) is 22.2. The molecule has 0 amide bonds. The molecule has 1 heterocycles. The van der Waals surface area contributed by atoms with E-state index in [4.69, 9.17) is 12.2 Å². The third kappa shape index (κ3) is 6.60. The Morgan fingerprint density at radius 1 is 1.23 bits per heavy atom. The molecule has 1 saturated heterocycles. The molecule has 1 N–H and O–H groups in total. The lowest BCUT2D eigenvalue weighted by Gasteiger charge is -2.42. The molecule has 0 bridgehead atoms. The number of alkyl halides is 1. The maximum Gasteiger partial charge on any atom is 0.292 e. The minimum absolute atomic E-state index is 0.0441. The number of hydrogen-bond donors (Lipinski definition) is 1. The summed E-state index contributed by atoms with van der Waals surface area (Å²) in [5, 5.41) is 15.1. The lowest BCUT2D eigenvalue weighted by Crippen LogP contribution is -2.53. The van der Waals surface area contributed by atoms with Crippen molar-refractivity contribution in [3.63, 3.8) is 0 Å². The van der Waals surface area contributed by atoms with E-state index in [1.807, 2.05) is 0 Å². The molecule has 0 radical (unpaired) electrons. The van der Waals surface area contributed by atoms with E-state index in [0.717, 1.165) is 43.3 Å². The van der Waals surface area contributed by atoms with Crippen molar-refractivity contribution < 1.29 is 4.92 Å². The molecule has 166 valence electrons. The Bertz CT molecular complexity index is 875. The van der Waals surface area contributed by atoms with Crippen LogP contribution < -0.4 is 5.32 Å². The zero-order valence-corrected chi connectivity index (χ0v) is 20.7. The monoisotopic (exact) mass is 552 g/mol. The summed E-state index contributed by atoms with van der Waals surface area (Å²) in [7, 11) is 0. The van der Waals surface area contributed by atoms with Gasteiger partial charge in [0.15, 0.2) is 5.11 Å². The summed E-state index contributed by atoms with van der Waals surface area (Å²) in [6.45, 7) is 5.31. The Labute approximate surface area is 203 Å². The molecule has 3 rings (SSSR count). The summed E-state index contributed by atoms with van der Waals surface area (Å²) in [5.74, 6) is 0. The second kappa shape index (κ2) is 11.7. The number of nitrogens with zero attached hydrogens (tertiary/aromatic N) is 3. The van der Waals surface area contributed by atoms with Crippen LogP contribution in [0.25, 0.3) is 0 Å². The number of likely N-dealkylation sites (tertiary alicyclic amines) is 1. The van der Waals surface area contributed by atoms with Crippen LogP contribution in [0.4, 0.5) is 11.4 Å². The van der Waals surface area contributed by atoms with Crippen LogP contribution in [0.5, 0.6) is 0 Å². The van der Waals surface area contributed by atoms with E-state index in [0.29, 0.717) is 16.8 Å². The first-order valence-electron chi connectivity index (χ1n) is 10.6. The highest BCUT2D eigenvalue weighted by molar-refractivity contribution is 14.1. The molecule has 8 heteroatoms. The van der Waals surface area contributed by atoms with Crippen molar-refractivity contribution in [1.82, 2.24) is 9.80 Å². The predicted molar refractivity (Wildman–Crippen MR) is 139 cm³/mol. The topological polar surface area (TPSA) is 61.6 Å². The first-order valence-corrected chi connectivity index (χ1v) is 12.6. The molecule has 0 aliphatic carbocycles. The molecule has 0 saturated carbocycles. The fourth-order valence-electron chi connectivity index (χ4n) is 4.07. The second-order valence-corrected chi connectivity index (χ2v) is 9.19. The summed E-state index contributed by atoms with van der Waals surface area (Å²) in [5.41, 5.74) is 1.87. The van der Waals surface area contributed by atoms with Gasteiger partial charge in [-0.1, -0.05) is 65.1 Å². The minimum Gasteiger partial charge on any atom is -0.342 e.